The standard InChI is InChI=1S/C13H9.C12H11Si.C10H13NO.2ClH.Hf/c1-3-7-12-10(5-1)9-11-6-2-4-8-13(11)12;1-3-7-11(8-4-1)13-12-9-5-2-6-10-12;1-6-4-7(2)9(10(11)12)8(3)5-6;;;/h1-9H;1-10,13H;4-5H,1-3H3,(H2,11,12);2*1H;/q;;;;;+3/p-3. The number of fused-ring (bicyclic) bond motifs is 3. The molecule has 0 saturated heterocycles. The molecule has 41 heavy (non-hydrogen) atoms. The number of carbonyl (C=O) groups excluding carboxylic acids is 1. The number of hydrogen-bond acceptors (Lipinski definition) is 1. The zero-order valence-electron chi connectivity index (χ0n) is 23.4. The van der Waals surface area contributed by atoms with Crippen molar-refractivity contribution in [2.45, 2.75) is 24.4 Å². The molecule has 0 atom stereocenters. The third-order valence-corrected chi connectivity index (χ3v) is 34.7. The Hall–Kier alpha value is -2.76. The van der Waals surface area contributed by atoms with Gasteiger partial charge in [0.25, 0.3) is 0 Å². The molecule has 2 nitrogen and oxygen atoms in total. The van der Waals surface area contributed by atoms with Crippen LogP contribution >= 0.6 is 0 Å². The quantitative estimate of drug-likeness (QED) is 0.247. The first-order valence-corrected chi connectivity index (χ1v) is 25.4. The van der Waals surface area contributed by atoms with Gasteiger partial charge in [-0.15, -0.1) is 0 Å². The first-order valence-electron chi connectivity index (χ1n) is 13.6. The van der Waals surface area contributed by atoms with Gasteiger partial charge in [0.05, 0.1) is 0 Å². The summed E-state index contributed by atoms with van der Waals surface area (Å²) in [5.41, 5.74) is 9.59. The molecular weight excluding hydrogens is 728 g/mol. The van der Waals surface area contributed by atoms with E-state index in [0.29, 0.717) is 0 Å². The van der Waals surface area contributed by atoms with Crippen molar-refractivity contribution in [2.24, 2.45) is 0 Å². The Morgan fingerprint density at radius 1 is 0.634 bits per heavy atom. The number of aryl methyl sites for hydroxylation is 3. The van der Waals surface area contributed by atoms with Crippen molar-refractivity contribution in [3.8, 4) is 11.1 Å². The topological polar surface area (TPSA) is 29.1 Å². The van der Waals surface area contributed by atoms with E-state index in [0.717, 1.165) is 16.7 Å². The van der Waals surface area contributed by atoms with Gasteiger partial charge in [0.2, 0.25) is 0 Å². The summed E-state index contributed by atoms with van der Waals surface area (Å²) in [7, 11) is 0. The molecule has 1 N–H and O–H groups in total. The van der Waals surface area contributed by atoms with E-state index in [1.807, 2.05) is 0 Å². The van der Waals surface area contributed by atoms with Crippen molar-refractivity contribution in [1.29, 1.82) is 0 Å². The fourth-order valence-corrected chi connectivity index (χ4v) is 36.3. The summed E-state index contributed by atoms with van der Waals surface area (Å²) in [6, 6.07) is 44.1. The van der Waals surface area contributed by atoms with E-state index in [-0.39, 0.29) is 34.4 Å². The average molecular weight is 760 g/mol. The van der Waals surface area contributed by atoms with E-state index in [4.69, 9.17) is 0 Å². The van der Waals surface area contributed by atoms with Crippen LogP contribution < -0.4 is 38.5 Å². The predicted octanol–water partition coefficient (Wildman–Crippen LogP) is 0.191. The molecule has 0 bridgehead atoms. The Labute approximate surface area is 264 Å². The van der Waals surface area contributed by atoms with E-state index in [1.54, 1.807) is 0 Å². The minimum absolute atomic E-state index is 0. The van der Waals surface area contributed by atoms with Crippen LogP contribution in [0.4, 0.5) is 0 Å². The molecule has 5 aromatic carbocycles. The van der Waals surface area contributed by atoms with Gasteiger partial charge in [-0.25, -0.2) is 0 Å². The van der Waals surface area contributed by atoms with Gasteiger partial charge in [0, 0.05) is 0 Å². The summed E-state index contributed by atoms with van der Waals surface area (Å²) >= 11 is -3.13. The van der Waals surface area contributed by atoms with Crippen LogP contribution in [0.2, 0.25) is 0 Å². The number of rotatable bonds is 6. The van der Waals surface area contributed by atoms with E-state index in [1.165, 1.54) is 38.2 Å². The zero-order valence-corrected chi connectivity index (χ0v) is 29.6. The van der Waals surface area contributed by atoms with Crippen molar-refractivity contribution in [3.63, 3.8) is 0 Å². The van der Waals surface area contributed by atoms with Gasteiger partial charge in [-0.3, -0.25) is 0 Å². The first-order chi connectivity index (χ1) is 19.0. The van der Waals surface area contributed by atoms with Crippen LogP contribution in [0.25, 0.3) is 11.1 Å². The van der Waals surface area contributed by atoms with Gasteiger partial charge in [-0.2, -0.15) is 0 Å². The Kier molecular flexibility index (Phi) is 10.2. The molecule has 5 aromatic rings. The van der Waals surface area contributed by atoms with Gasteiger partial charge < -0.3 is 24.8 Å². The number of benzene rings is 5. The second kappa shape index (κ2) is 13.5. The van der Waals surface area contributed by atoms with Crippen LogP contribution in [-0.2, 0) is 20.9 Å². The fraction of sp³-hybridized carbons (Fsp3) is 0.114. The summed E-state index contributed by atoms with van der Waals surface area (Å²) in [6.45, 7) is 6.25. The number of halogens is 2. The normalized spacial score (nSPS) is 11.6. The molecule has 0 heterocycles. The van der Waals surface area contributed by atoms with Gasteiger partial charge in [-0.1, -0.05) is 0 Å². The average Bonchev–Trinajstić information content (AvgIpc) is 3.28. The zero-order chi connectivity index (χ0) is 26.9. The molecule has 0 fully saturated rings. The molecule has 205 valence electrons. The van der Waals surface area contributed by atoms with E-state index in [9.17, 15) is 4.79 Å². The van der Waals surface area contributed by atoms with Crippen molar-refractivity contribution < 1.29 is 50.5 Å². The summed E-state index contributed by atoms with van der Waals surface area (Å²) in [5, 5.41) is 2.84. The Bertz CT molecular complexity index is 1550. The summed E-state index contributed by atoms with van der Waals surface area (Å²) < 4.78 is 4.16. The maximum absolute atomic E-state index is 14.3. The van der Waals surface area contributed by atoms with Crippen LogP contribution in [0.3, 0.4) is 0 Å². The summed E-state index contributed by atoms with van der Waals surface area (Å²) in [5.74, 6) is -1.67. The molecule has 1 amide bonds. The maximum Gasteiger partial charge on any atom is -1.00 e. The van der Waals surface area contributed by atoms with Gasteiger partial charge >= 0.3 is 242 Å². The maximum atomic E-state index is 14.3. The third kappa shape index (κ3) is 6.08. The predicted molar refractivity (Wildman–Crippen MR) is 161 cm³/mol. The molecule has 0 spiro atoms. The van der Waals surface area contributed by atoms with Crippen molar-refractivity contribution in [2.75, 3.05) is 0 Å². The van der Waals surface area contributed by atoms with Crippen molar-refractivity contribution in [3.05, 3.63) is 155 Å². The van der Waals surface area contributed by atoms with Crippen molar-refractivity contribution >= 4 is 22.3 Å². The van der Waals surface area contributed by atoms with Crippen LogP contribution in [0.15, 0.2) is 121 Å². The molecule has 0 saturated carbocycles. The summed E-state index contributed by atoms with van der Waals surface area (Å²) in [6.07, 6.45) is 0. The number of nitrogens with one attached hydrogen (secondary N) is 1. The number of hydrogen-bond donors (Lipinski definition) is 1. The van der Waals surface area contributed by atoms with Gasteiger partial charge in [0.1, 0.15) is 0 Å². The second-order valence-electron chi connectivity index (χ2n) is 10.5. The van der Waals surface area contributed by atoms with Gasteiger partial charge in [0.15, 0.2) is 0 Å². The van der Waals surface area contributed by atoms with Crippen molar-refractivity contribution in [1.82, 2.24) is 3.30 Å². The van der Waals surface area contributed by atoms with Gasteiger partial charge in [-0.05, 0) is 0 Å². The van der Waals surface area contributed by atoms with E-state index < -0.39 is 26.9 Å². The molecule has 0 unspecified atom stereocenters. The molecule has 0 aromatic heterocycles. The number of carbonyl (C=O) groups is 1. The third-order valence-electron chi connectivity index (χ3n) is 7.88. The van der Waals surface area contributed by atoms with Crippen LogP contribution in [0.1, 0.15) is 41.8 Å². The Balaban J connectivity index is 0.00000194. The minimum atomic E-state index is -3.13. The fourth-order valence-electron chi connectivity index (χ4n) is 6.38. The molecule has 6 rings (SSSR count). The molecule has 0 radical (unpaired) electrons. The molecule has 0 aliphatic heterocycles. The minimum Gasteiger partial charge on any atom is -1.00 e. The SMILES string of the molecule is Cc1cc(C)c(C(=O)[NH][Hf+2]([CH]2c3ccccc3-c3ccccc32)[SiH](c2ccccc2)c2ccccc2)c(C)c1.[Cl-].[Cl-]. The van der Waals surface area contributed by atoms with Crippen LogP contribution in [0.5, 0.6) is 0 Å². The smallest absolute Gasteiger partial charge is 1.00 e. The molecule has 1 aliphatic carbocycles. The van der Waals surface area contributed by atoms with Crippen LogP contribution in [0, 0.1) is 20.8 Å². The summed E-state index contributed by atoms with van der Waals surface area (Å²) in [4.78, 5) is 14.3. The largest absolute Gasteiger partial charge is 1.00 e. The molecular formula is C35H32Cl2HfNOSi. The Morgan fingerprint density at radius 2 is 1.05 bits per heavy atom. The van der Waals surface area contributed by atoms with Crippen LogP contribution in [-0.4, -0.2) is 11.9 Å². The number of amides is 1. The van der Waals surface area contributed by atoms with E-state index in [2.05, 4.69) is 145 Å². The first kappa shape index (κ1) is 31.2. The molecule has 1 aliphatic rings. The monoisotopic (exact) mass is 760 g/mol. The molecule has 6 heteroatoms. The second-order valence-corrected chi connectivity index (χ2v) is 30.3. The van der Waals surface area contributed by atoms with E-state index >= 15 is 0 Å². The Morgan fingerprint density at radius 3 is 1.51 bits per heavy atom.